The minimum absolute atomic E-state index is 0.0926. The van der Waals surface area contributed by atoms with Gasteiger partial charge in [0.25, 0.3) is 5.91 Å². The monoisotopic (exact) mass is 354 g/mol. The van der Waals surface area contributed by atoms with Crippen molar-refractivity contribution in [2.75, 3.05) is 19.7 Å². The average Bonchev–Trinajstić information content (AvgIpc) is 3.03. The van der Waals surface area contributed by atoms with E-state index in [-0.39, 0.29) is 12.5 Å². The zero-order valence-corrected chi connectivity index (χ0v) is 15.3. The average molecular weight is 354 g/mol. The number of likely N-dealkylation sites (tertiary alicyclic amines) is 1. The summed E-state index contributed by atoms with van der Waals surface area (Å²) >= 11 is 0. The number of aromatic nitrogens is 1. The minimum atomic E-state index is -0.420. The van der Waals surface area contributed by atoms with Crippen LogP contribution < -0.4 is 0 Å². The molecule has 1 saturated heterocycles. The third-order valence-electron chi connectivity index (χ3n) is 5.67. The van der Waals surface area contributed by atoms with Gasteiger partial charge in [0, 0.05) is 29.7 Å². The fourth-order valence-corrected chi connectivity index (χ4v) is 4.25. The number of amides is 1. The number of aromatic amines is 1. The van der Waals surface area contributed by atoms with Gasteiger partial charge in [-0.25, -0.2) is 4.79 Å². The van der Waals surface area contributed by atoms with Crippen molar-refractivity contribution < 1.29 is 14.3 Å². The lowest BCUT2D eigenvalue weighted by Crippen LogP contribution is -2.41. The lowest BCUT2D eigenvalue weighted by Gasteiger charge is -2.30. The molecule has 5 heteroatoms. The van der Waals surface area contributed by atoms with Crippen molar-refractivity contribution >= 4 is 22.8 Å². The molecule has 1 aromatic carbocycles. The number of hydrogen-bond acceptors (Lipinski definition) is 3. The Kier molecular flexibility index (Phi) is 4.70. The van der Waals surface area contributed by atoms with Gasteiger partial charge < -0.3 is 14.6 Å². The molecule has 0 radical (unpaired) electrons. The van der Waals surface area contributed by atoms with Crippen LogP contribution in [0.4, 0.5) is 0 Å². The third-order valence-corrected chi connectivity index (χ3v) is 5.67. The van der Waals surface area contributed by atoms with Crippen LogP contribution in [0.2, 0.25) is 0 Å². The molecule has 1 aliphatic carbocycles. The highest BCUT2D eigenvalue weighted by atomic mass is 16.5. The van der Waals surface area contributed by atoms with E-state index in [4.69, 9.17) is 4.74 Å². The van der Waals surface area contributed by atoms with E-state index in [0.717, 1.165) is 49.7 Å². The summed E-state index contributed by atoms with van der Waals surface area (Å²) in [5, 5.41) is 1.12. The van der Waals surface area contributed by atoms with Crippen LogP contribution in [0.15, 0.2) is 18.2 Å². The smallest absolute Gasteiger partial charge is 0.338 e. The topological polar surface area (TPSA) is 62.4 Å². The quantitative estimate of drug-likeness (QED) is 0.859. The van der Waals surface area contributed by atoms with Gasteiger partial charge in [0.2, 0.25) is 0 Å². The number of piperidine rings is 1. The summed E-state index contributed by atoms with van der Waals surface area (Å²) in [5.74, 6) is 0.00615. The summed E-state index contributed by atoms with van der Waals surface area (Å²) in [7, 11) is 0. The number of nitrogens with zero attached hydrogens (tertiary/aromatic N) is 1. The Balaban J connectivity index is 1.43. The standard InChI is InChI=1S/C21H26N2O3/c1-14-5-4-10-23(12-14)20(24)13-26-21(25)15-8-9-19-17(11-15)16-6-2-3-7-18(16)22-19/h8-9,11,14,22H,2-7,10,12-13H2,1H3/t14-/m1/s1. The highest BCUT2D eigenvalue weighted by molar-refractivity contribution is 5.97. The number of hydrogen-bond donors (Lipinski definition) is 1. The number of nitrogens with one attached hydrogen (secondary N) is 1. The molecule has 5 nitrogen and oxygen atoms in total. The number of esters is 1. The van der Waals surface area contributed by atoms with Crippen LogP contribution in [-0.4, -0.2) is 41.5 Å². The van der Waals surface area contributed by atoms with Gasteiger partial charge in [-0.2, -0.15) is 0 Å². The molecule has 1 aromatic heterocycles. The van der Waals surface area contributed by atoms with Crippen molar-refractivity contribution in [3.8, 4) is 0 Å². The van der Waals surface area contributed by atoms with E-state index in [1.165, 1.54) is 24.1 Å². The number of carbonyl (C=O) groups excluding carboxylic acids is 2. The van der Waals surface area contributed by atoms with E-state index in [1.54, 1.807) is 6.07 Å². The van der Waals surface area contributed by atoms with E-state index in [2.05, 4.69) is 11.9 Å². The van der Waals surface area contributed by atoms with Crippen molar-refractivity contribution in [2.45, 2.75) is 45.4 Å². The molecule has 4 rings (SSSR count). The molecule has 0 bridgehead atoms. The second-order valence-electron chi connectivity index (χ2n) is 7.71. The number of rotatable bonds is 3. The molecule has 1 atom stereocenters. The third kappa shape index (κ3) is 3.35. The maximum atomic E-state index is 12.4. The lowest BCUT2D eigenvalue weighted by atomic mass is 9.95. The highest BCUT2D eigenvalue weighted by Crippen LogP contribution is 2.29. The molecule has 0 unspecified atom stereocenters. The van der Waals surface area contributed by atoms with E-state index < -0.39 is 5.97 Å². The van der Waals surface area contributed by atoms with Gasteiger partial charge in [-0.3, -0.25) is 4.79 Å². The van der Waals surface area contributed by atoms with E-state index in [0.29, 0.717) is 11.5 Å². The van der Waals surface area contributed by atoms with Gasteiger partial charge in [0.1, 0.15) is 0 Å². The van der Waals surface area contributed by atoms with Gasteiger partial charge in [-0.15, -0.1) is 0 Å². The Labute approximate surface area is 153 Å². The summed E-state index contributed by atoms with van der Waals surface area (Å²) in [5.41, 5.74) is 4.22. The molecular formula is C21H26N2O3. The zero-order chi connectivity index (χ0) is 18.1. The lowest BCUT2D eigenvalue weighted by molar-refractivity contribution is -0.136. The first-order valence-electron chi connectivity index (χ1n) is 9.70. The Morgan fingerprint density at radius 1 is 1.23 bits per heavy atom. The Bertz CT molecular complexity index is 839. The van der Waals surface area contributed by atoms with Crippen molar-refractivity contribution in [1.29, 1.82) is 0 Å². The zero-order valence-electron chi connectivity index (χ0n) is 15.3. The first kappa shape index (κ1) is 17.1. The van der Waals surface area contributed by atoms with Gasteiger partial charge in [0.15, 0.2) is 6.61 Å². The fourth-order valence-electron chi connectivity index (χ4n) is 4.25. The van der Waals surface area contributed by atoms with E-state index in [1.807, 2.05) is 17.0 Å². The Hall–Kier alpha value is -2.30. The maximum Gasteiger partial charge on any atom is 0.338 e. The largest absolute Gasteiger partial charge is 0.452 e. The number of benzene rings is 1. The maximum absolute atomic E-state index is 12.4. The Morgan fingerprint density at radius 2 is 2.08 bits per heavy atom. The van der Waals surface area contributed by atoms with Crippen molar-refractivity contribution in [3.05, 3.63) is 35.0 Å². The summed E-state index contributed by atoms with van der Waals surface area (Å²) in [4.78, 5) is 30.0. The van der Waals surface area contributed by atoms with Crippen molar-refractivity contribution in [2.24, 2.45) is 5.92 Å². The SMILES string of the molecule is C[C@@H]1CCCN(C(=O)COC(=O)c2ccc3[nH]c4c(c3c2)CCCC4)C1. The number of ether oxygens (including phenoxy) is 1. The molecule has 0 saturated carbocycles. The van der Waals surface area contributed by atoms with Crippen LogP contribution in [-0.2, 0) is 22.4 Å². The van der Waals surface area contributed by atoms with Crippen LogP contribution in [0.25, 0.3) is 10.9 Å². The highest BCUT2D eigenvalue weighted by Gasteiger charge is 2.22. The summed E-state index contributed by atoms with van der Waals surface area (Å²) in [6, 6.07) is 5.63. The molecule has 1 aliphatic heterocycles. The normalized spacial score (nSPS) is 20.0. The van der Waals surface area contributed by atoms with Crippen LogP contribution >= 0.6 is 0 Å². The summed E-state index contributed by atoms with van der Waals surface area (Å²) in [6.45, 7) is 3.51. The molecule has 2 aromatic rings. The molecule has 138 valence electrons. The molecule has 1 N–H and O–H groups in total. The van der Waals surface area contributed by atoms with Gasteiger partial charge in [-0.05, 0) is 68.2 Å². The summed E-state index contributed by atoms with van der Waals surface area (Å²) in [6.07, 6.45) is 6.72. The van der Waals surface area contributed by atoms with Gasteiger partial charge in [0.05, 0.1) is 5.56 Å². The van der Waals surface area contributed by atoms with E-state index >= 15 is 0 Å². The predicted molar refractivity (Wildman–Crippen MR) is 100 cm³/mol. The minimum Gasteiger partial charge on any atom is -0.452 e. The van der Waals surface area contributed by atoms with Crippen LogP contribution in [0.5, 0.6) is 0 Å². The van der Waals surface area contributed by atoms with Gasteiger partial charge >= 0.3 is 5.97 Å². The molecule has 0 spiro atoms. The van der Waals surface area contributed by atoms with E-state index in [9.17, 15) is 9.59 Å². The van der Waals surface area contributed by atoms with Crippen LogP contribution in [0, 0.1) is 5.92 Å². The van der Waals surface area contributed by atoms with Crippen molar-refractivity contribution in [1.82, 2.24) is 9.88 Å². The molecule has 1 fully saturated rings. The second-order valence-corrected chi connectivity index (χ2v) is 7.71. The summed E-state index contributed by atoms with van der Waals surface area (Å²) < 4.78 is 5.31. The number of aryl methyl sites for hydroxylation is 2. The Morgan fingerprint density at radius 3 is 2.92 bits per heavy atom. The van der Waals surface area contributed by atoms with Crippen LogP contribution in [0.1, 0.15) is 54.2 Å². The van der Waals surface area contributed by atoms with Crippen molar-refractivity contribution in [3.63, 3.8) is 0 Å². The second kappa shape index (κ2) is 7.14. The molecule has 26 heavy (non-hydrogen) atoms. The predicted octanol–water partition coefficient (Wildman–Crippen LogP) is 3.46. The molecule has 2 aliphatic rings. The number of fused-ring (bicyclic) bond motifs is 3. The molecular weight excluding hydrogens is 328 g/mol. The van der Waals surface area contributed by atoms with Gasteiger partial charge in [-0.1, -0.05) is 6.92 Å². The number of carbonyl (C=O) groups is 2. The first-order chi connectivity index (χ1) is 12.6. The fraction of sp³-hybridized carbons (Fsp3) is 0.524. The molecule has 2 heterocycles. The van der Waals surface area contributed by atoms with Crippen LogP contribution in [0.3, 0.4) is 0 Å². The molecule has 1 amide bonds. The number of H-pyrrole nitrogens is 1. The first-order valence-corrected chi connectivity index (χ1v) is 9.70.